The van der Waals surface area contributed by atoms with Gasteiger partial charge in [-0.25, -0.2) is 15.0 Å². The van der Waals surface area contributed by atoms with Gasteiger partial charge < -0.3 is 0 Å². The van der Waals surface area contributed by atoms with Gasteiger partial charge in [-0.1, -0.05) is 140 Å². The Hall–Kier alpha value is -6.19. The zero-order chi connectivity index (χ0) is 30.5. The molecule has 0 fully saturated rings. The third kappa shape index (κ3) is 4.41. The maximum atomic E-state index is 5.18. The predicted octanol–water partition coefficient (Wildman–Crippen LogP) is 11.2. The fourth-order valence-corrected chi connectivity index (χ4v) is 6.68. The van der Waals surface area contributed by atoms with Crippen LogP contribution in [0.15, 0.2) is 164 Å². The van der Waals surface area contributed by atoms with E-state index in [0.717, 1.165) is 44.5 Å². The molecule has 3 nitrogen and oxygen atoms in total. The van der Waals surface area contributed by atoms with Gasteiger partial charge >= 0.3 is 0 Å². The van der Waals surface area contributed by atoms with E-state index in [0.29, 0.717) is 5.82 Å². The average molecular weight is 586 g/mol. The van der Waals surface area contributed by atoms with E-state index in [1.54, 1.807) is 0 Å². The van der Waals surface area contributed by atoms with Crippen molar-refractivity contribution >= 4 is 43.2 Å². The van der Waals surface area contributed by atoms with Crippen molar-refractivity contribution in [1.82, 2.24) is 15.0 Å². The van der Waals surface area contributed by atoms with Gasteiger partial charge in [-0.3, -0.25) is 0 Å². The molecule has 9 aromatic rings. The lowest BCUT2D eigenvalue weighted by atomic mass is 9.89. The lowest BCUT2D eigenvalue weighted by Gasteiger charge is -2.16. The minimum absolute atomic E-state index is 0.607. The summed E-state index contributed by atoms with van der Waals surface area (Å²) < 4.78 is 0. The van der Waals surface area contributed by atoms with Gasteiger partial charge in [0.25, 0.3) is 0 Å². The summed E-state index contributed by atoms with van der Waals surface area (Å²) in [6.45, 7) is 0. The number of benzene rings is 7. The van der Waals surface area contributed by atoms with Crippen LogP contribution in [0.4, 0.5) is 0 Å². The first-order chi connectivity index (χ1) is 22.8. The molecular weight excluding hydrogens is 558 g/mol. The van der Waals surface area contributed by atoms with E-state index in [2.05, 4.69) is 121 Å². The van der Waals surface area contributed by atoms with Crippen molar-refractivity contribution < 1.29 is 0 Å². The van der Waals surface area contributed by atoms with Crippen LogP contribution in [0.3, 0.4) is 0 Å². The first-order valence-electron chi connectivity index (χ1n) is 15.5. The van der Waals surface area contributed by atoms with Crippen LogP contribution in [-0.2, 0) is 0 Å². The van der Waals surface area contributed by atoms with Gasteiger partial charge in [-0.15, -0.1) is 0 Å². The summed E-state index contributed by atoms with van der Waals surface area (Å²) >= 11 is 0. The minimum atomic E-state index is 0.607. The molecule has 0 saturated heterocycles. The topological polar surface area (TPSA) is 38.7 Å². The maximum Gasteiger partial charge on any atom is 0.179 e. The largest absolute Gasteiger partial charge is 0.244 e. The Balaban J connectivity index is 1.28. The molecule has 214 valence electrons. The number of para-hydroxylation sites is 1. The summed E-state index contributed by atoms with van der Waals surface area (Å²) in [5.74, 6) is 0.607. The Kier molecular flexibility index (Phi) is 6.14. The lowest BCUT2D eigenvalue weighted by Crippen LogP contribution is -1.98. The molecule has 0 atom stereocenters. The number of pyridine rings is 1. The second-order valence-corrected chi connectivity index (χ2v) is 11.6. The molecule has 0 saturated carbocycles. The van der Waals surface area contributed by atoms with E-state index in [1.807, 2.05) is 42.5 Å². The van der Waals surface area contributed by atoms with Crippen LogP contribution in [0.2, 0.25) is 0 Å². The fraction of sp³-hybridized carbons (Fsp3) is 0. The highest BCUT2D eigenvalue weighted by Gasteiger charge is 2.17. The molecule has 0 N–H and O–H groups in total. The summed E-state index contributed by atoms with van der Waals surface area (Å²) in [5.41, 5.74) is 7.94. The molecule has 9 rings (SSSR count). The third-order valence-corrected chi connectivity index (χ3v) is 8.88. The summed E-state index contributed by atoms with van der Waals surface area (Å²) in [6.07, 6.45) is 0. The Morgan fingerprint density at radius 1 is 0.304 bits per heavy atom. The number of rotatable bonds is 4. The number of nitrogens with zero attached hydrogens (tertiary/aromatic N) is 3. The van der Waals surface area contributed by atoms with Crippen LogP contribution in [0.1, 0.15) is 0 Å². The highest BCUT2D eigenvalue weighted by Crippen LogP contribution is 2.41. The molecule has 7 aromatic carbocycles. The molecule has 0 radical (unpaired) electrons. The van der Waals surface area contributed by atoms with Crippen LogP contribution in [0.5, 0.6) is 0 Å². The number of aromatic nitrogens is 3. The second kappa shape index (κ2) is 10.8. The standard InChI is InChI=1S/C43H27N3/c1-2-12-28(13-3-1)41-27-42(46-43(45-41)40-25-22-29-14-5-11-21-39(29)44-40)37-24-23-36(33-18-8-9-19-34(33)37)38-26-30-15-4-6-16-31(30)32-17-7-10-20-35(32)38/h1-27H. The number of hydrogen-bond acceptors (Lipinski definition) is 3. The Labute approximate surface area is 266 Å². The molecule has 2 aromatic heterocycles. The SMILES string of the molecule is c1ccc(-c2cc(-c3ccc(-c4cc5ccccc5c5ccccc45)c4ccccc34)nc(-c3ccc4ccccc4n3)n2)cc1. The molecule has 0 bridgehead atoms. The Bertz CT molecular complexity index is 2590. The monoisotopic (exact) mass is 585 g/mol. The maximum absolute atomic E-state index is 5.18. The van der Waals surface area contributed by atoms with E-state index >= 15 is 0 Å². The summed E-state index contributed by atoms with van der Waals surface area (Å²) in [5, 5.41) is 8.44. The highest BCUT2D eigenvalue weighted by molar-refractivity contribution is 6.17. The van der Waals surface area contributed by atoms with Crippen molar-refractivity contribution in [3.63, 3.8) is 0 Å². The van der Waals surface area contributed by atoms with Crippen molar-refractivity contribution in [3.8, 4) is 45.2 Å². The summed E-state index contributed by atoms with van der Waals surface area (Å²) in [7, 11) is 0. The van der Waals surface area contributed by atoms with Crippen molar-refractivity contribution in [2.24, 2.45) is 0 Å². The van der Waals surface area contributed by atoms with Gasteiger partial charge in [-0.05, 0) is 67.7 Å². The minimum Gasteiger partial charge on any atom is -0.244 e. The van der Waals surface area contributed by atoms with Crippen molar-refractivity contribution in [2.45, 2.75) is 0 Å². The molecule has 3 heteroatoms. The quantitative estimate of drug-likeness (QED) is 0.193. The smallest absolute Gasteiger partial charge is 0.179 e. The Morgan fingerprint density at radius 2 is 0.891 bits per heavy atom. The molecular formula is C43H27N3. The summed E-state index contributed by atoms with van der Waals surface area (Å²) in [6, 6.07) is 57.5. The molecule has 2 heterocycles. The molecule has 0 spiro atoms. The first kappa shape index (κ1) is 26.2. The van der Waals surface area contributed by atoms with E-state index in [9.17, 15) is 0 Å². The molecule has 0 unspecified atom stereocenters. The zero-order valence-electron chi connectivity index (χ0n) is 24.9. The van der Waals surface area contributed by atoms with E-state index in [-0.39, 0.29) is 0 Å². The average Bonchev–Trinajstić information content (AvgIpc) is 3.14. The predicted molar refractivity (Wildman–Crippen MR) is 192 cm³/mol. The van der Waals surface area contributed by atoms with Crippen LogP contribution < -0.4 is 0 Å². The van der Waals surface area contributed by atoms with Crippen molar-refractivity contribution in [3.05, 3.63) is 164 Å². The van der Waals surface area contributed by atoms with Crippen molar-refractivity contribution in [2.75, 3.05) is 0 Å². The number of hydrogen-bond donors (Lipinski definition) is 0. The first-order valence-corrected chi connectivity index (χ1v) is 15.5. The lowest BCUT2D eigenvalue weighted by molar-refractivity contribution is 1.16. The molecule has 0 amide bonds. The summed E-state index contributed by atoms with van der Waals surface area (Å²) in [4.78, 5) is 15.2. The van der Waals surface area contributed by atoms with Crippen LogP contribution in [0.25, 0.3) is 88.4 Å². The fourth-order valence-electron chi connectivity index (χ4n) is 6.68. The van der Waals surface area contributed by atoms with Gasteiger partial charge in [0.1, 0.15) is 5.69 Å². The van der Waals surface area contributed by atoms with E-state index in [1.165, 1.54) is 38.1 Å². The second-order valence-electron chi connectivity index (χ2n) is 11.6. The van der Waals surface area contributed by atoms with E-state index in [4.69, 9.17) is 15.0 Å². The molecule has 0 aliphatic heterocycles. The normalized spacial score (nSPS) is 11.5. The van der Waals surface area contributed by atoms with Gasteiger partial charge in [0.15, 0.2) is 5.82 Å². The number of fused-ring (bicyclic) bond motifs is 5. The van der Waals surface area contributed by atoms with Gasteiger partial charge in [0.05, 0.1) is 16.9 Å². The molecule has 46 heavy (non-hydrogen) atoms. The Morgan fingerprint density at radius 3 is 1.70 bits per heavy atom. The van der Waals surface area contributed by atoms with E-state index < -0.39 is 0 Å². The van der Waals surface area contributed by atoms with Crippen LogP contribution in [-0.4, -0.2) is 15.0 Å². The van der Waals surface area contributed by atoms with Gasteiger partial charge in [0.2, 0.25) is 0 Å². The van der Waals surface area contributed by atoms with Crippen LogP contribution in [0, 0.1) is 0 Å². The highest BCUT2D eigenvalue weighted by atomic mass is 14.9. The molecule has 0 aliphatic rings. The van der Waals surface area contributed by atoms with Gasteiger partial charge in [-0.2, -0.15) is 0 Å². The third-order valence-electron chi connectivity index (χ3n) is 8.88. The molecule has 0 aliphatic carbocycles. The van der Waals surface area contributed by atoms with Crippen molar-refractivity contribution in [1.29, 1.82) is 0 Å². The zero-order valence-corrected chi connectivity index (χ0v) is 24.9. The van der Waals surface area contributed by atoms with Crippen LogP contribution >= 0.6 is 0 Å². The van der Waals surface area contributed by atoms with Gasteiger partial charge in [0, 0.05) is 16.5 Å².